The molecule has 0 amide bonds. The minimum atomic E-state index is -0.930. The van der Waals surface area contributed by atoms with Crippen LogP contribution in [-0.4, -0.2) is 11.1 Å². The third-order valence-electron chi connectivity index (χ3n) is 2.40. The summed E-state index contributed by atoms with van der Waals surface area (Å²) < 4.78 is 0. The van der Waals surface area contributed by atoms with E-state index in [1.54, 1.807) is 12.1 Å². The van der Waals surface area contributed by atoms with Gasteiger partial charge in [-0.15, -0.1) is 11.6 Å². The largest absolute Gasteiger partial charge is 0.478 e. The minimum absolute atomic E-state index is 0.294. The number of alkyl halides is 1. The maximum absolute atomic E-state index is 11.2. The van der Waals surface area contributed by atoms with Crippen molar-refractivity contribution in [3.8, 4) is 0 Å². The second-order valence-electron chi connectivity index (χ2n) is 3.68. The van der Waals surface area contributed by atoms with Crippen LogP contribution in [0, 0.1) is 0 Å². The van der Waals surface area contributed by atoms with Crippen LogP contribution in [0.4, 0.5) is 0 Å². The summed E-state index contributed by atoms with van der Waals surface area (Å²) in [6.45, 7) is 0. The zero-order chi connectivity index (χ0) is 13.0. The lowest BCUT2D eigenvalue weighted by Crippen LogP contribution is -1.99. The van der Waals surface area contributed by atoms with Crippen LogP contribution < -0.4 is 0 Å². The van der Waals surface area contributed by atoms with Crippen LogP contribution in [0.15, 0.2) is 58.3 Å². The molecule has 0 saturated heterocycles. The molecule has 0 heterocycles. The molecule has 0 spiro atoms. The smallest absolute Gasteiger partial charge is 0.336 e. The Bertz CT molecular complexity index is 555. The van der Waals surface area contributed by atoms with E-state index in [1.165, 1.54) is 11.8 Å². The molecule has 0 aromatic heterocycles. The van der Waals surface area contributed by atoms with Gasteiger partial charge in [0.25, 0.3) is 0 Å². The fourth-order valence-electron chi connectivity index (χ4n) is 1.53. The van der Waals surface area contributed by atoms with Gasteiger partial charge in [-0.25, -0.2) is 4.79 Å². The summed E-state index contributed by atoms with van der Waals surface area (Å²) in [6.07, 6.45) is 0. The van der Waals surface area contributed by atoms with Gasteiger partial charge in [0.2, 0.25) is 0 Å². The van der Waals surface area contributed by atoms with Gasteiger partial charge in [0, 0.05) is 15.7 Å². The van der Waals surface area contributed by atoms with Crippen LogP contribution >= 0.6 is 23.4 Å². The lowest BCUT2D eigenvalue weighted by atomic mass is 10.1. The Labute approximate surface area is 115 Å². The molecule has 2 nitrogen and oxygen atoms in total. The number of carbonyl (C=O) groups is 1. The first kappa shape index (κ1) is 13.0. The number of rotatable bonds is 4. The normalized spacial score (nSPS) is 10.3. The molecule has 0 aliphatic rings. The van der Waals surface area contributed by atoms with Crippen LogP contribution in [0.3, 0.4) is 0 Å². The second-order valence-corrected chi connectivity index (χ2v) is 5.07. The monoisotopic (exact) mass is 278 g/mol. The van der Waals surface area contributed by atoms with Crippen LogP contribution in [-0.2, 0) is 5.88 Å². The fraction of sp³-hybridized carbons (Fsp3) is 0.0714. The summed E-state index contributed by atoms with van der Waals surface area (Å²) in [6, 6.07) is 15.0. The molecule has 0 aliphatic heterocycles. The molecule has 2 rings (SSSR count). The Morgan fingerprint density at radius 1 is 1.17 bits per heavy atom. The van der Waals surface area contributed by atoms with Gasteiger partial charge in [-0.1, -0.05) is 36.0 Å². The number of carboxylic acids is 1. The number of hydrogen-bond donors (Lipinski definition) is 1. The van der Waals surface area contributed by atoms with Crippen molar-refractivity contribution < 1.29 is 9.90 Å². The van der Waals surface area contributed by atoms with Crippen LogP contribution in [0.2, 0.25) is 0 Å². The Balaban J connectivity index is 2.35. The molecule has 0 fully saturated rings. The van der Waals surface area contributed by atoms with E-state index in [0.717, 1.165) is 15.4 Å². The predicted molar refractivity (Wildman–Crippen MR) is 73.5 cm³/mol. The van der Waals surface area contributed by atoms with E-state index in [1.807, 2.05) is 36.4 Å². The van der Waals surface area contributed by atoms with Crippen molar-refractivity contribution in [1.29, 1.82) is 0 Å². The van der Waals surface area contributed by atoms with E-state index < -0.39 is 5.97 Å². The Morgan fingerprint density at radius 3 is 2.50 bits per heavy atom. The van der Waals surface area contributed by atoms with Crippen molar-refractivity contribution in [1.82, 2.24) is 0 Å². The summed E-state index contributed by atoms with van der Waals surface area (Å²) in [5, 5.41) is 9.21. The van der Waals surface area contributed by atoms with Crippen molar-refractivity contribution in [2.24, 2.45) is 0 Å². The quantitative estimate of drug-likeness (QED) is 0.849. The molecule has 2 aromatic carbocycles. The molecule has 4 heteroatoms. The molecule has 92 valence electrons. The second kappa shape index (κ2) is 5.94. The number of aromatic carboxylic acids is 1. The first-order chi connectivity index (χ1) is 8.70. The lowest BCUT2D eigenvalue weighted by molar-refractivity contribution is 0.0693. The van der Waals surface area contributed by atoms with E-state index in [0.29, 0.717) is 11.4 Å². The van der Waals surface area contributed by atoms with E-state index in [2.05, 4.69) is 0 Å². The average molecular weight is 279 g/mol. The molecule has 18 heavy (non-hydrogen) atoms. The lowest BCUT2D eigenvalue weighted by Gasteiger charge is -2.07. The SMILES string of the molecule is O=C(O)c1cc(CCl)ccc1Sc1ccccc1. The van der Waals surface area contributed by atoms with Gasteiger partial charge in [-0.2, -0.15) is 0 Å². The topological polar surface area (TPSA) is 37.3 Å². The molecule has 0 atom stereocenters. The highest BCUT2D eigenvalue weighted by atomic mass is 35.5. The van der Waals surface area contributed by atoms with Gasteiger partial charge in [0.05, 0.1) is 5.56 Å². The van der Waals surface area contributed by atoms with Crippen molar-refractivity contribution in [3.63, 3.8) is 0 Å². The molecular weight excluding hydrogens is 268 g/mol. The van der Waals surface area contributed by atoms with Crippen LogP contribution in [0.1, 0.15) is 15.9 Å². The summed E-state index contributed by atoms with van der Waals surface area (Å²) in [5.74, 6) is -0.614. The van der Waals surface area contributed by atoms with Gasteiger partial charge in [0.15, 0.2) is 0 Å². The Kier molecular flexibility index (Phi) is 4.28. The molecule has 0 aliphatic carbocycles. The minimum Gasteiger partial charge on any atom is -0.478 e. The molecule has 0 radical (unpaired) electrons. The number of hydrogen-bond acceptors (Lipinski definition) is 2. The van der Waals surface area contributed by atoms with Crippen LogP contribution in [0.25, 0.3) is 0 Å². The van der Waals surface area contributed by atoms with Crippen molar-refractivity contribution >= 4 is 29.3 Å². The zero-order valence-electron chi connectivity index (χ0n) is 9.47. The van der Waals surface area contributed by atoms with E-state index in [4.69, 9.17) is 11.6 Å². The van der Waals surface area contributed by atoms with E-state index in [-0.39, 0.29) is 0 Å². The zero-order valence-corrected chi connectivity index (χ0v) is 11.0. The highest BCUT2D eigenvalue weighted by molar-refractivity contribution is 7.99. The Hall–Kier alpha value is -1.45. The van der Waals surface area contributed by atoms with Crippen molar-refractivity contribution in [3.05, 3.63) is 59.7 Å². The summed E-state index contributed by atoms with van der Waals surface area (Å²) in [7, 11) is 0. The summed E-state index contributed by atoms with van der Waals surface area (Å²) in [4.78, 5) is 13.0. The molecule has 2 aromatic rings. The third-order valence-corrected chi connectivity index (χ3v) is 3.79. The van der Waals surface area contributed by atoms with Gasteiger partial charge in [0.1, 0.15) is 0 Å². The van der Waals surface area contributed by atoms with E-state index >= 15 is 0 Å². The van der Waals surface area contributed by atoms with Gasteiger partial charge < -0.3 is 5.11 Å². The number of benzene rings is 2. The van der Waals surface area contributed by atoms with Gasteiger partial charge in [-0.05, 0) is 29.8 Å². The van der Waals surface area contributed by atoms with E-state index in [9.17, 15) is 9.90 Å². The third kappa shape index (κ3) is 3.06. The average Bonchev–Trinajstić information content (AvgIpc) is 2.40. The summed E-state index contributed by atoms with van der Waals surface area (Å²) in [5.41, 5.74) is 1.11. The predicted octanol–water partition coefficient (Wildman–Crippen LogP) is 4.27. The van der Waals surface area contributed by atoms with Gasteiger partial charge >= 0.3 is 5.97 Å². The fourth-order valence-corrected chi connectivity index (χ4v) is 2.64. The van der Waals surface area contributed by atoms with Crippen molar-refractivity contribution in [2.45, 2.75) is 15.7 Å². The number of carboxylic acid groups (broad SMARTS) is 1. The first-order valence-corrected chi connectivity index (χ1v) is 6.71. The van der Waals surface area contributed by atoms with Crippen molar-refractivity contribution in [2.75, 3.05) is 0 Å². The first-order valence-electron chi connectivity index (χ1n) is 5.36. The molecule has 0 unspecified atom stereocenters. The molecule has 0 bridgehead atoms. The van der Waals surface area contributed by atoms with Crippen LogP contribution in [0.5, 0.6) is 0 Å². The maximum atomic E-state index is 11.2. The molecule has 1 N–H and O–H groups in total. The highest BCUT2D eigenvalue weighted by Gasteiger charge is 2.11. The summed E-state index contributed by atoms with van der Waals surface area (Å²) >= 11 is 7.15. The Morgan fingerprint density at radius 2 is 1.89 bits per heavy atom. The highest BCUT2D eigenvalue weighted by Crippen LogP contribution is 2.31. The number of halogens is 1. The van der Waals surface area contributed by atoms with Gasteiger partial charge in [-0.3, -0.25) is 0 Å². The maximum Gasteiger partial charge on any atom is 0.336 e. The molecular formula is C14H11ClO2S. The molecule has 0 saturated carbocycles. The standard InChI is InChI=1S/C14H11ClO2S/c15-9-10-6-7-13(12(8-10)14(16)17)18-11-4-2-1-3-5-11/h1-8H,9H2,(H,16,17).